The van der Waals surface area contributed by atoms with Gasteiger partial charge in [-0.15, -0.1) is 0 Å². The van der Waals surface area contributed by atoms with Gasteiger partial charge in [0.15, 0.2) is 0 Å². The Bertz CT molecular complexity index is 1030. The molecule has 0 spiro atoms. The lowest BCUT2D eigenvalue weighted by Gasteiger charge is -2.37. The first-order chi connectivity index (χ1) is 14.1. The molecule has 0 bridgehead atoms. The Morgan fingerprint density at radius 2 is 1.97 bits per heavy atom. The number of amidine groups is 1. The summed E-state index contributed by atoms with van der Waals surface area (Å²) in [5.74, 6) is 0.517. The average Bonchev–Trinajstić information content (AvgIpc) is 3.04. The fraction of sp³-hybridized carbons (Fsp3) is 0.444. The van der Waals surface area contributed by atoms with Crippen LogP contribution >= 0.6 is 0 Å². The van der Waals surface area contributed by atoms with E-state index in [-0.39, 0.29) is 21.7 Å². The number of nitrogens with one attached hydrogen (secondary N) is 1. The zero-order valence-corrected chi connectivity index (χ0v) is 16.7. The third kappa shape index (κ3) is 3.54. The molecule has 1 fully saturated rings. The number of sulfone groups is 1. The second-order valence-electron chi connectivity index (χ2n) is 7.25. The van der Waals surface area contributed by atoms with E-state index in [0.717, 1.165) is 24.3 Å². The number of alkyl halides is 3. The number of morpholine rings is 1. The van der Waals surface area contributed by atoms with Crippen molar-refractivity contribution in [2.75, 3.05) is 19.7 Å². The van der Waals surface area contributed by atoms with Crippen LogP contribution in [-0.4, -0.2) is 63.4 Å². The lowest BCUT2D eigenvalue weighted by molar-refractivity contribution is -0.137. The SMILES string of the molecule is CC1CN(C2=NC=NC3C(S(=O)(=O)c4ccc(C(F)(F)F)cc4)=C(N)NC23)CCO1. The van der Waals surface area contributed by atoms with Gasteiger partial charge in [-0.05, 0) is 31.2 Å². The Balaban J connectivity index is 1.63. The molecule has 0 aromatic heterocycles. The van der Waals surface area contributed by atoms with Crippen LogP contribution in [0.1, 0.15) is 12.5 Å². The van der Waals surface area contributed by atoms with Crippen molar-refractivity contribution in [2.45, 2.75) is 36.2 Å². The lowest BCUT2D eigenvalue weighted by atomic mass is 10.1. The molecule has 3 unspecified atom stereocenters. The minimum absolute atomic E-state index is 0.0131. The Labute approximate surface area is 171 Å². The van der Waals surface area contributed by atoms with Gasteiger partial charge in [0.05, 0.1) is 23.2 Å². The number of aliphatic imine (C=N–C) groups is 2. The summed E-state index contributed by atoms with van der Waals surface area (Å²) in [5, 5.41) is 2.95. The predicted octanol–water partition coefficient (Wildman–Crippen LogP) is 1.11. The van der Waals surface area contributed by atoms with Gasteiger partial charge in [0.2, 0.25) is 9.84 Å². The molecule has 4 rings (SSSR count). The molecular formula is C18H20F3N5O3S. The molecule has 3 aliphatic rings. The van der Waals surface area contributed by atoms with Gasteiger partial charge in [0.1, 0.15) is 35.0 Å². The molecular weight excluding hydrogens is 423 g/mol. The Morgan fingerprint density at radius 1 is 1.27 bits per heavy atom. The number of benzene rings is 1. The van der Waals surface area contributed by atoms with Crippen LogP contribution in [0.25, 0.3) is 0 Å². The highest BCUT2D eigenvalue weighted by Crippen LogP contribution is 2.35. The van der Waals surface area contributed by atoms with Crippen molar-refractivity contribution >= 4 is 22.0 Å². The van der Waals surface area contributed by atoms with Gasteiger partial charge in [-0.3, -0.25) is 4.99 Å². The second-order valence-corrected chi connectivity index (χ2v) is 9.17. The van der Waals surface area contributed by atoms with E-state index >= 15 is 0 Å². The van der Waals surface area contributed by atoms with Crippen molar-refractivity contribution < 1.29 is 26.3 Å². The van der Waals surface area contributed by atoms with Crippen molar-refractivity contribution in [3.05, 3.63) is 40.6 Å². The summed E-state index contributed by atoms with van der Waals surface area (Å²) < 4.78 is 70.4. The number of ether oxygens (including phenoxy) is 1. The minimum Gasteiger partial charge on any atom is -0.385 e. The summed E-state index contributed by atoms with van der Waals surface area (Å²) >= 11 is 0. The molecule has 0 aliphatic carbocycles. The quantitative estimate of drug-likeness (QED) is 0.709. The van der Waals surface area contributed by atoms with E-state index < -0.39 is 33.7 Å². The first-order valence-electron chi connectivity index (χ1n) is 9.23. The molecule has 30 heavy (non-hydrogen) atoms. The van der Waals surface area contributed by atoms with Crippen LogP contribution < -0.4 is 11.1 Å². The highest BCUT2D eigenvalue weighted by molar-refractivity contribution is 7.95. The molecule has 1 aromatic rings. The maximum atomic E-state index is 13.2. The first-order valence-corrected chi connectivity index (χ1v) is 10.7. The largest absolute Gasteiger partial charge is 0.416 e. The van der Waals surface area contributed by atoms with Crippen LogP contribution in [0.15, 0.2) is 49.9 Å². The molecule has 0 saturated carbocycles. The van der Waals surface area contributed by atoms with Crippen molar-refractivity contribution in [1.82, 2.24) is 10.2 Å². The molecule has 12 heteroatoms. The molecule has 1 saturated heterocycles. The van der Waals surface area contributed by atoms with Crippen molar-refractivity contribution in [3.8, 4) is 0 Å². The van der Waals surface area contributed by atoms with E-state index in [2.05, 4.69) is 15.3 Å². The van der Waals surface area contributed by atoms with Crippen LogP contribution in [-0.2, 0) is 20.8 Å². The van der Waals surface area contributed by atoms with Crippen LogP contribution in [0, 0.1) is 0 Å². The molecule has 1 aromatic carbocycles. The second kappa shape index (κ2) is 7.27. The van der Waals surface area contributed by atoms with Gasteiger partial charge in [-0.25, -0.2) is 13.4 Å². The Morgan fingerprint density at radius 3 is 2.60 bits per heavy atom. The Kier molecular flexibility index (Phi) is 5.01. The predicted molar refractivity (Wildman–Crippen MR) is 103 cm³/mol. The molecule has 8 nitrogen and oxygen atoms in total. The minimum atomic E-state index is -4.56. The van der Waals surface area contributed by atoms with Crippen molar-refractivity contribution in [2.24, 2.45) is 15.7 Å². The topological polar surface area (TPSA) is 109 Å². The first kappa shape index (κ1) is 20.7. The highest BCUT2D eigenvalue weighted by atomic mass is 32.2. The zero-order chi connectivity index (χ0) is 21.7. The molecule has 3 heterocycles. The molecule has 3 N–H and O–H groups in total. The summed E-state index contributed by atoms with van der Waals surface area (Å²) in [6, 6.07) is 1.88. The summed E-state index contributed by atoms with van der Waals surface area (Å²) in [7, 11) is -4.17. The van der Waals surface area contributed by atoms with Gasteiger partial charge in [0.25, 0.3) is 0 Å². The van der Waals surface area contributed by atoms with E-state index in [1.165, 1.54) is 6.34 Å². The molecule has 3 atom stereocenters. The van der Waals surface area contributed by atoms with Crippen LogP contribution in [0.4, 0.5) is 13.2 Å². The van der Waals surface area contributed by atoms with Gasteiger partial charge in [0, 0.05) is 13.1 Å². The highest BCUT2D eigenvalue weighted by Gasteiger charge is 2.46. The molecule has 162 valence electrons. The maximum absolute atomic E-state index is 13.2. The normalized spacial score (nSPS) is 27.0. The smallest absolute Gasteiger partial charge is 0.385 e. The van der Waals surface area contributed by atoms with Gasteiger partial charge in [-0.1, -0.05) is 0 Å². The molecule has 0 amide bonds. The Hall–Kier alpha value is -2.60. The van der Waals surface area contributed by atoms with E-state index in [9.17, 15) is 21.6 Å². The number of halogens is 3. The van der Waals surface area contributed by atoms with E-state index in [4.69, 9.17) is 10.5 Å². The van der Waals surface area contributed by atoms with Crippen molar-refractivity contribution in [3.63, 3.8) is 0 Å². The summed E-state index contributed by atoms with van der Waals surface area (Å²) in [4.78, 5) is 10.1. The van der Waals surface area contributed by atoms with E-state index in [1.807, 2.05) is 11.8 Å². The average molecular weight is 443 g/mol. The van der Waals surface area contributed by atoms with E-state index in [1.54, 1.807) is 0 Å². The third-order valence-electron chi connectivity index (χ3n) is 5.20. The van der Waals surface area contributed by atoms with Gasteiger partial charge >= 0.3 is 6.18 Å². The monoisotopic (exact) mass is 443 g/mol. The number of hydrogen-bond acceptors (Lipinski definition) is 8. The van der Waals surface area contributed by atoms with Crippen LogP contribution in [0.3, 0.4) is 0 Å². The van der Waals surface area contributed by atoms with E-state index in [0.29, 0.717) is 25.5 Å². The van der Waals surface area contributed by atoms with Crippen LogP contribution in [0.2, 0.25) is 0 Å². The molecule has 3 aliphatic heterocycles. The fourth-order valence-corrected chi connectivity index (χ4v) is 5.40. The number of nitrogens with zero attached hydrogens (tertiary/aromatic N) is 3. The fourth-order valence-electron chi connectivity index (χ4n) is 3.79. The van der Waals surface area contributed by atoms with Crippen LogP contribution in [0.5, 0.6) is 0 Å². The summed E-state index contributed by atoms with van der Waals surface area (Å²) in [6.07, 6.45) is -3.28. The van der Waals surface area contributed by atoms with Gasteiger partial charge < -0.3 is 20.7 Å². The lowest BCUT2D eigenvalue weighted by Crippen LogP contribution is -2.55. The summed E-state index contributed by atoms with van der Waals surface area (Å²) in [6.45, 7) is 3.60. The van der Waals surface area contributed by atoms with Gasteiger partial charge in [-0.2, -0.15) is 13.2 Å². The standard InChI is InChI=1S/C18H20F3N5O3S/c1-10-8-26(6-7-29-10)17-14-13(23-9-24-17)15(16(22)25-14)30(27,28)12-4-2-11(3-5-12)18(19,20)21/h2-5,9-10,13-14,25H,6-8,22H2,1H3. The number of hydrogen-bond donors (Lipinski definition) is 2. The number of nitrogens with two attached hydrogens (primary N) is 1. The van der Waals surface area contributed by atoms with Crippen molar-refractivity contribution in [1.29, 1.82) is 0 Å². The molecule has 0 radical (unpaired) electrons. The number of fused-ring (bicyclic) bond motifs is 1. The third-order valence-corrected chi connectivity index (χ3v) is 7.14. The zero-order valence-electron chi connectivity index (χ0n) is 15.9. The summed E-state index contributed by atoms with van der Waals surface area (Å²) in [5.41, 5.74) is 5.08. The maximum Gasteiger partial charge on any atom is 0.416 e. The number of rotatable bonds is 2.